The van der Waals surface area contributed by atoms with Crippen LogP contribution in [-0.2, 0) is 0 Å². The van der Waals surface area contributed by atoms with Crippen molar-refractivity contribution < 1.29 is 9.84 Å². The second-order valence-corrected chi connectivity index (χ2v) is 4.35. The Morgan fingerprint density at radius 3 is 2.87 bits per heavy atom. The molecular formula is C12H17NO2. The Morgan fingerprint density at radius 1 is 1.40 bits per heavy atom. The molecule has 15 heavy (non-hydrogen) atoms. The van der Waals surface area contributed by atoms with E-state index in [1.165, 1.54) is 5.56 Å². The number of nitrogens with one attached hydrogen (secondary N) is 1. The molecule has 1 atom stereocenters. The van der Waals surface area contributed by atoms with Gasteiger partial charge in [-0.25, -0.2) is 0 Å². The molecule has 0 saturated carbocycles. The van der Waals surface area contributed by atoms with Gasteiger partial charge in [-0.15, -0.1) is 0 Å². The quantitative estimate of drug-likeness (QED) is 0.789. The summed E-state index contributed by atoms with van der Waals surface area (Å²) in [6, 6.07) is 8.19. The monoisotopic (exact) mass is 207 g/mol. The minimum atomic E-state index is -0.251. The Balaban J connectivity index is 2.26. The van der Waals surface area contributed by atoms with Crippen LogP contribution in [0.5, 0.6) is 5.75 Å². The number of aliphatic hydroxyl groups is 1. The van der Waals surface area contributed by atoms with Crippen molar-refractivity contribution in [1.82, 2.24) is 5.32 Å². The summed E-state index contributed by atoms with van der Waals surface area (Å²) in [6.07, 6.45) is 0. The molecule has 0 amide bonds. The lowest BCUT2D eigenvalue weighted by atomic mass is 9.94. The summed E-state index contributed by atoms with van der Waals surface area (Å²) in [4.78, 5) is 0. The zero-order chi connectivity index (χ0) is 10.9. The molecule has 3 nitrogen and oxygen atoms in total. The number of ether oxygens (including phenoxy) is 1. The minimum absolute atomic E-state index is 0.148. The van der Waals surface area contributed by atoms with Gasteiger partial charge in [-0.1, -0.05) is 18.2 Å². The summed E-state index contributed by atoms with van der Waals surface area (Å²) < 4.78 is 5.86. The van der Waals surface area contributed by atoms with E-state index >= 15 is 0 Å². The topological polar surface area (TPSA) is 41.5 Å². The van der Waals surface area contributed by atoms with Crippen LogP contribution in [0.3, 0.4) is 0 Å². The summed E-state index contributed by atoms with van der Waals surface area (Å²) in [6.45, 7) is 4.85. The van der Waals surface area contributed by atoms with Gasteiger partial charge in [-0.2, -0.15) is 0 Å². The maximum Gasteiger partial charge on any atom is 0.125 e. The molecule has 0 aromatic heterocycles. The van der Waals surface area contributed by atoms with Crippen LogP contribution >= 0.6 is 0 Å². The molecule has 2 rings (SSSR count). The fraction of sp³-hybridized carbons (Fsp3) is 0.500. The standard InChI is InChI=1S/C12H17NO2/c1-12(2)11(13-7-8-14)9-5-3-4-6-10(9)15-12/h3-6,11,13-14H,7-8H2,1-2H3. The average Bonchev–Trinajstić information content (AvgIpc) is 2.45. The Hall–Kier alpha value is -1.06. The van der Waals surface area contributed by atoms with Crippen molar-refractivity contribution in [3.63, 3.8) is 0 Å². The predicted molar refractivity (Wildman–Crippen MR) is 59.0 cm³/mol. The van der Waals surface area contributed by atoms with E-state index in [2.05, 4.69) is 25.2 Å². The molecule has 82 valence electrons. The Labute approximate surface area is 90.1 Å². The highest BCUT2D eigenvalue weighted by Gasteiger charge is 2.40. The van der Waals surface area contributed by atoms with Gasteiger partial charge >= 0.3 is 0 Å². The minimum Gasteiger partial charge on any atom is -0.486 e. The third-order valence-electron chi connectivity index (χ3n) is 2.76. The van der Waals surface area contributed by atoms with Crippen LogP contribution in [0.25, 0.3) is 0 Å². The molecule has 0 saturated heterocycles. The largest absolute Gasteiger partial charge is 0.486 e. The van der Waals surface area contributed by atoms with Crippen molar-refractivity contribution in [2.75, 3.05) is 13.2 Å². The average molecular weight is 207 g/mol. The van der Waals surface area contributed by atoms with Gasteiger partial charge in [0.25, 0.3) is 0 Å². The third-order valence-corrected chi connectivity index (χ3v) is 2.76. The molecule has 0 radical (unpaired) electrons. The number of hydrogen-bond acceptors (Lipinski definition) is 3. The number of para-hydroxylation sites is 1. The zero-order valence-corrected chi connectivity index (χ0v) is 9.16. The summed E-state index contributed by atoms with van der Waals surface area (Å²) in [7, 11) is 0. The van der Waals surface area contributed by atoms with Crippen molar-refractivity contribution in [3.05, 3.63) is 29.8 Å². The Kier molecular flexibility index (Phi) is 2.67. The lowest BCUT2D eigenvalue weighted by molar-refractivity contribution is 0.0940. The number of hydrogen-bond donors (Lipinski definition) is 2. The van der Waals surface area contributed by atoms with Gasteiger partial charge in [0.15, 0.2) is 0 Å². The molecule has 0 fully saturated rings. The summed E-state index contributed by atoms with van der Waals surface area (Å²) in [5, 5.41) is 12.1. The predicted octanol–water partition coefficient (Wildman–Crippen LogP) is 1.48. The van der Waals surface area contributed by atoms with Crippen molar-refractivity contribution in [2.45, 2.75) is 25.5 Å². The van der Waals surface area contributed by atoms with Gasteiger partial charge in [0.05, 0.1) is 12.6 Å². The smallest absolute Gasteiger partial charge is 0.125 e. The highest BCUT2D eigenvalue weighted by Crippen LogP contribution is 2.42. The van der Waals surface area contributed by atoms with Crippen LogP contribution in [-0.4, -0.2) is 23.9 Å². The first kappa shape index (κ1) is 10.5. The fourth-order valence-electron chi connectivity index (χ4n) is 2.09. The molecular weight excluding hydrogens is 190 g/mol. The Morgan fingerprint density at radius 2 is 2.13 bits per heavy atom. The molecule has 1 aromatic rings. The van der Waals surface area contributed by atoms with Crippen molar-refractivity contribution >= 4 is 0 Å². The number of benzene rings is 1. The van der Waals surface area contributed by atoms with Gasteiger partial charge in [0, 0.05) is 12.1 Å². The van der Waals surface area contributed by atoms with Crippen molar-refractivity contribution in [1.29, 1.82) is 0 Å². The molecule has 1 unspecified atom stereocenters. The summed E-state index contributed by atoms with van der Waals surface area (Å²) in [5.74, 6) is 0.943. The molecule has 0 spiro atoms. The summed E-state index contributed by atoms with van der Waals surface area (Å²) >= 11 is 0. The first-order valence-electron chi connectivity index (χ1n) is 5.27. The molecule has 0 aliphatic carbocycles. The summed E-state index contributed by atoms with van der Waals surface area (Å²) in [5.41, 5.74) is 0.926. The zero-order valence-electron chi connectivity index (χ0n) is 9.16. The van der Waals surface area contributed by atoms with Crippen LogP contribution in [0.4, 0.5) is 0 Å². The molecule has 3 heteroatoms. The molecule has 1 heterocycles. The second kappa shape index (κ2) is 3.83. The van der Waals surface area contributed by atoms with E-state index in [4.69, 9.17) is 9.84 Å². The van der Waals surface area contributed by atoms with Crippen LogP contribution < -0.4 is 10.1 Å². The lowest BCUT2D eigenvalue weighted by Crippen LogP contribution is -2.40. The van der Waals surface area contributed by atoms with Gasteiger partial charge in [-0.05, 0) is 19.9 Å². The van der Waals surface area contributed by atoms with Crippen LogP contribution in [0.15, 0.2) is 24.3 Å². The molecule has 1 aromatic carbocycles. The van der Waals surface area contributed by atoms with Gasteiger partial charge in [-0.3, -0.25) is 0 Å². The van der Waals surface area contributed by atoms with E-state index in [-0.39, 0.29) is 18.2 Å². The van der Waals surface area contributed by atoms with E-state index in [1.54, 1.807) is 0 Å². The van der Waals surface area contributed by atoms with Gasteiger partial charge in [0.1, 0.15) is 11.4 Å². The highest BCUT2D eigenvalue weighted by atomic mass is 16.5. The van der Waals surface area contributed by atoms with E-state index in [9.17, 15) is 0 Å². The fourth-order valence-corrected chi connectivity index (χ4v) is 2.09. The number of rotatable bonds is 3. The Bertz CT molecular complexity index is 349. The highest BCUT2D eigenvalue weighted by molar-refractivity contribution is 5.42. The van der Waals surface area contributed by atoms with Gasteiger partial charge < -0.3 is 15.2 Å². The van der Waals surface area contributed by atoms with E-state index in [0.29, 0.717) is 6.54 Å². The first-order chi connectivity index (χ1) is 7.15. The van der Waals surface area contributed by atoms with E-state index in [1.807, 2.05) is 18.2 Å². The first-order valence-corrected chi connectivity index (χ1v) is 5.27. The normalized spacial score (nSPS) is 22.2. The maximum atomic E-state index is 8.84. The van der Waals surface area contributed by atoms with Crippen LogP contribution in [0, 0.1) is 0 Å². The number of aliphatic hydroxyl groups excluding tert-OH is 1. The van der Waals surface area contributed by atoms with Gasteiger partial charge in [0.2, 0.25) is 0 Å². The maximum absolute atomic E-state index is 8.84. The van der Waals surface area contributed by atoms with E-state index < -0.39 is 0 Å². The van der Waals surface area contributed by atoms with Crippen molar-refractivity contribution in [2.24, 2.45) is 0 Å². The molecule has 1 aliphatic heterocycles. The van der Waals surface area contributed by atoms with Crippen molar-refractivity contribution in [3.8, 4) is 5.75 Å². The van der Waals surface area contributed by atoms with Crippen LogP contribution in [0.2, 0.25) is 0 Å². The number of fused-ring (bicyclic) bond motifs is 1. The molecule has 1 aliphatic rings. The van der Waals surface area contributed by atoms with E-state index in [0.717, 1.165) is 5.75 Å². The molecule has 2 N–H and O–H groups in total. The molecule has 0 bridgehead atoms. The SMILES string of the molecule is CC1(C)Oc2ccccc2C1NCCO. The second-order valence-electron chi connectivity index (χ2n) is 4.35. The third kappa shape index (κ3) is 1.85. The lowest BCUT2D eigenvalue weighted by Gasteiger charge is -2.27. The van der Waals surface area contributed by atoms with Crippen LogP contribution in [0.1, 0.15) is 25.5 Å².